The summed E-state index contributed by atoms with van der Waals surface area (Å²) in [6.07, 6.45) is 0. The molecular formula is C21H26N4O2. The number of nitrogens with zero attached hydrogens (tertiary/aromatic N) is 2. The number of hydrogen-bond donors (Lipinski definition) is 2. The van der Waals surface area contributed by atoms with Crippen LogP contribution in [0.5, 0.6) is 0 Å². The molecule has 3 N–H and O–H groups in total. The van der Waals surface area contributed by atoms with Crippen molar-refractivity contribution in [2.75, 3.05) is 19.8 Å². The predicted molar refractivity (Wildman–Crippen MR) is 107 cm³/mol. The number of aryl methyl sites for hydroxylation is 1. The second-order valence-electron chi connectivity index (χ2n) is 6.52. The first-order chi connectivity index (χ1) is 13.1. The van der Waals surface area contributed by atoms with Gasteiger partial charge in [0.15, 0.2) is 0 Å². The van der Waals surface area contributed by atoms with Gasteiger partial charge < -0.3 is 20.4 Å². The molecule has 0 radical (unpaired) electrons. The number of carbonyl (C=O) groups excluding carboxylic acids is 1. The van der Waals surface area contributed by atoms with Gasteiger partial charge in [0, 0.05) is 13.2 Å². The highest BCUT2D eigenvalue weighted by molar-refractivity contribution is 5.83. The van der Waals surface area contributed by atoms with Crippen LogP contribution in [0.2, 0.25) is 0 Å². The molecule has 0 fully saturated rings. The van der Waals surface area contributed by atoms with Crippen molar-refractivity contribution >= 4 is 16.9 Å². The molecule has 3 rings (SSSR count). The van der Waals surface area contributed by atoms with E-state index in [1.807, 2.05) is 13.0 Å². The number of hydrogen-bond acceptors (Lipinski definition) is 4. The van der Waals surface area contributed by atoms with Gasteiger partial charge in [0.25, 0.3) is 0 Å². The van der Waals surface area contributed by atoms with E-state index >= 15 is 0 Å². The van der Waals surface area contributed by atoms with E-state index in [1.54, 1.807) is 0 Å². The zero-order chi connectivity index (χ0) is 19.2. The fourth-order valence-corrected chi connectivity index (χ4v) is 3.08. The van der Waals surface area contributed by atoms with E-state index in [0.717, 1.165) is 22.4 Å². The summed E-state index contributed by atoms with van der Waals surface area (Å²) in [7, 11) is 0. The Bertz CT molecular complexity index is 916. The van der Waals surface area contributed by atoms with Gasteiger partial charge in [-0.15, -0.1) is 0 Å². The molecule has 0 bridgehead atoms. The number of aromatic nitrogens is 2. The summed E-state index contributed by atoms with van der Waals surface area (Å²) in [5, 5.41) is 3.05. The topological polar surface area (TPSA) is 82.2 Å². The van der Waals surface area contributed by atoms with Crippen LogP contribution in [0, 0.1) is 6.92 Å². The lowest BCUT2D eigenvalue weighted by Gasteiger charge is -2.10. The third-order valence-electron chi connectivity index (χ3n) is 4.46. The molecule has 1 heterocycles. The van der Waals surface area contributed by atoms with Crippen molar-refractivity contribution in [3.63, 3.8) is 0 Å². The van der Waals surface area contributed by atoms with Gasteiger partial charge in [0.05, 0.1) is 30.7 Å². The number of primary amides is 1. The first kappa shape index (κ1) is 19.1. The van der Waals surface area contributed by atoms with Gasteiger partial charge in [-0.25, -0.2) is 4.98 Å². The summed E-state index contributed by atoms with van der Waals surface area (Å²) in [5.74, 6) is 0.487. The van der Waals surface area contributed by atoms with E-state index in [9.17, 15) is 4.79 Å². The first-order valence-corrected chi connectivity index (χ1v) is 9.21. The fraction of sp³-hybridized carbons (Fsp3) is 0.333. The summed E-state index contributed by atoms with van der Waals surface area (Å²) in [5.41, 5.74) is 10.8. The van der Waals surface area contributed by atoms with E-state index in [-0.39, 0.29) is 12.5 Å². The maximum atomic E-state index is 11.0. The van der Waals surface area contributed by atoms with E-state index in [0.29, 0.717) is 26.3 Å². The zero-order valence-corrected chi connectivity index (χ0v) is 15.9. The molecule has 0 spiro atoms. The average Bonchev–Trinajstić information content (AvgIpc) is 2.99. The molecule has 0 aliphatic heterocycles. The molecule has 142 valence electrons. The smallest absolute Gasteiger partial charge is 0.231 e. The van der Waals surface area contributed by atoms with E-state index in [2.05, 4.69) is 53.2 Å². The van der Waals surface area contributed by atoms with Crippen molar-refractivity contribution in [3.8, 4) is 11.1 Å². The van der Waals surface area contributed by atoms with Crippen molar-refractivity contribution in [3.05, 3.63) is 53.9 Å². The number of imidazole rings is 1. The Balaban J connectivity index is 1.95. The summed E-state index contributed by atoms with van der Waals surface area (Å²) < 4.78 is 7.69. The molecule has 1 amide bonds. The number of ether oxygens (including phenoxy) is 1. The molecule has 0 atom stereocenters. The molecule has 1 aromatic heterocycles. The SMILES string of the molecule is CCOCCn1c(CNCC(N)=O)nc2ccc(-c3ccc(C)cc3)cc21. The predicted octanol–water partition coefficient (Wildman–Crippen LogP) is 2.62. The van der Waals surface area contributed by atoms with Crippen molar-refractivity contribution in [2.24, 2.45) is 5.73 Å². The third kappa shape index (κ3) is 4.72. The van der Waals surface area contributed by atoms with Crippen LogP contribution in [0.25, 0.3) is 22.2 Å². The monoisotopic (exact) mass is 366 g/mol. The van der Waals surface area contributed by atoms with Gasteiger partial charge in [-0.2, -0.15) is 0 Å². The lowest BCUT2D eigenvalue weighted by Crippen LogP contribution is -2.29. The fourth-order valence-electron chi connectivity index (χ4n) is 3.08. The summed E-state index contributed by atoms with van der Waals surface area (Å²) >= 11 is 0. The standard InChI is InChI=1S/C21H26N4O2/c1-3-27-11-10-25-19-12-17(16-6-4-15(2)5-7-16)8-9-18(19)24-21(25)14-23-13-20(22)26/h4-9,12,23H,3,10-11,13-14H2,1-2H3,(H2,22,26). The van der Waals surface area contributed by atoms with Gasteiger partial charge in [-0.3, -0.25) is 4.79 Å². The van der Waals surface area contributed by atoms with Gasteiger partial charge in [0.2, 0.25) is 5.91 Å². The summed E-state index contributed by atoms with van der Waals surface area (Å²) in [6, 6.07) is 14.8. The molecule has 0 aliphatic rings. The number of benzene rings is 2. The average molecular weight is 366 g/mol. The largest absolute Gasteiger partial charge is 0.380 e. The van der Waals surface area contributed by atoms with Crippen LogP contribution in [0.1, 0.15) is 18.3 Å². The van der Waals surface area contributed by atoms with E-state index in [1.165, 1.54) is 11.1 Å². The van der Waals surface area contributed by atoms with Crippen molar-refractivity contribution in [1.82, 2.24) is 14.9 Å². The maximum absolute atomic E-state index is 11.0. The highest BCUT2D eigenvalue weighted by Gasteiger charge is 2.12. The maximum Gasteiger partial charge on any atom is 0.231 e. The zero-order valence-electron chi connectivity index (χ0n) is 15.9. The Morgan fingerprint density at radius 3 is 2.63 bits per heavy atom. The minimum Gasteiger partial charge on any atom is -0.380 e. The molecule has 0 unspecified atom stereocenters. The van der Waals surface area contributed by atoms with Gasteiger partial charge in [-0.1, -0.05) is 35.9 Å². The Morgan fingerprint density at radius 1 is 1.19 bits per heavy atom. The van der Waals surface area contributed by atoms with Crippen LogP contribution in [0.3, 0.4) is 0 Å². The second-order valence-corrected chi connectivity index (χ2v) is 6.52. The van der Waals surface area contributed by atoms with Crippen molar-refractivity contribution < 1.29 is 9.53 Å². The number of nitrogens with one attached hydrogen (secondary N) is 1. The van der Waals surface area contributed by atoms with Gasteiger partial charge >= 0.3 is 0 Å². The quantitative estimate of drug-likeness (QED) is 0.570. The van der Waals surface area contributed by atoms with Crippen LogP contribution in [-0.2, 0) is 22.6 Å². The highest BCUT2D eigenvalue weighted by Crippen LogP contribution is 2.25. The molecule has 0 saturated heterocycles. The molecule has 3 aromatic rings. The van der Waals surface area contributed by atoms with Gasteiger partial charge in [-0.05, 0) is 37.1 Å². The van der Waals surface area contributed by atoms with Crippen LogP contribution in [0.15, 0.2) is 42.5 Å². The molecule has 2 aromatic carbocycles. The number of nitrogens with two attached hydrogens (primary N) is 1. The van der Waals surface area contributed by atoms with E-state index < -0.39 is 0 Å². The second kappa shape index (κ2) is 8.79. The van der Waals surface area contributed by atoms with Crippen LogP contribution in [0.4, 0.5) is 0 Å². The highest BCUT2D eigenvalue weighted by atomic mass is 16.5. The van der Waals surface area contributed by atoms with Crippen LogP contribution >= 0.6 is 0 Å². The number of carbonyl (C=O) groups is 1. The van der Waals surface area contributed by atoms with Crippen molar-refractivity contribution in [1.29, 1.82) is 0 Å². The van der Waals surface area contributed by atoms with Crippen LogP contribution < -0.4 is 11.1 Å². The van der Waals surface area contributed by atoms with Crippen molar-refractivity contribution in [2.45, 2.75) is 26.9 Å². The molecule has 0 aliphatic carbocycles. The molecule has 6 heteroatoms. The lowest BCUT2D eigenvalue weighted by molar-refractivity contribution is -0.117. The normalized spacial score (nSPS) is 11.2. The Labute approximate surface area is 159 Å². The minimum atomic E-state index is -0.381. The minimum absolute atomic E-state index is 0.128. The Hall–Kier alpha value is -2.70. The Morgan fingerprint density at radius 2 is 1.93 bits per heavy atom. The number of rotatable bonds is 9. The van der Waals surface area contributed by atoms with Crippen LogP contribution in [-0.4, -0.2) is 35.2 Å². The summed E-state index contributed by atoms with van der Waals surface area (Å²) in [6.45, 7) is 6.66. The molecule has 0 saturated carbocycles. The van der Waals surface area contributed by atoms with Gasteiger partial charge in [0.1, 0.15) is 5.82 Å². The third-order valence-corrected chi connectivity index (χ3v) is 4.46. The van der Waals surface area contributed by atoms with E-state index in [4.69, 9.17) is 15.5 Å². The Kier molecular flexibility index (Phi) is 6.21. The number of fused-ring (bicyclic) bond motifs is 1. The molecule has 6 nitrogen and oxygen atoms in total. The molecule has 27 heavy (non-hydrogen) atoms. The first-order valence-electron chi connectivity index (χ1n) is 9.21. The lowest BCUT2D eigenvalue weighted by atomic mass is 10.0. The number of amides is 1. The summed E-state index contributed by atoms with van der Waals surface area (Å²) in [4.78, 5) is 15.7. The molecular weight excluding hydrogens is 340 g/mol.